The van der Waals surface area contributed by atoms with Gasteiger partial charge in [0.2, 0.25) is 5.91 Å². The van der Waals surface area contributed by atoms with Crippen LogP contribution in [0.15, 0.2) is 12.2 Å². The molecule has 0 spiro atoms. The fourth-order valence-electron chi connectivity index (χ4n) is 1.83. The van der Waals surface area contributed by atoms with Crippen LogP contribution < -0.4 is 5.32 Å². The van der Waals surface area contributed by atoms with Crippen LogP contribution in [0.1, 0.15) is 58.8 Å². The van der Waals surface area contributed by atoms with Gasteiger partial charge in [0, 0.05) is 6.54 Å². The summed E-state index contributed by atoms with van der Waals surface area (Å²) in [6.45, 7) is 5.50. The molecule has 0 fully saturated rings. The third-order valence-corrected chi connectivity index (χ3v) is 3.13. The van der Waals surface area contributed by atoms with E-state index >= 15 is 0 Å². The van der Waals surface area contributed by atoms with Crippen molar-refractivity contribution in [2.24, 2.45) is 5.92 Å². The number of carbonyl (C=O) groups is 2. The van der Waals surface area contributed by atoms with Gasteiger partial charge in [-0.05, 0) is 25.7 Å². The average molecular weight is 283 g/mol. The fourth-order valence-corrected chi connectivity index (χ4v) is 1.83. The van der Waals surface area contributed by atoms with Crippen LogP contribution in [-0.2, 0) is 14.3 Å². The molecule has 1 atom stereocenters. The van der Waals surface area contributed by atoms with Crippen LogP contribution in [0.3, 0.4) is 0 Å². The van der Waals surface area contributed by atoms with Crippen LogP contribution in [0.2, 0.25) is 0 Å². The molecular formula is C16H29NO3. The van der Waals surface area contributed by atoms with Crippen LogP contribution in [-0.4, -0.2) is 25.5 Å². The minimum Gasteiger partial charge on any atom is -0.467 e. The molecule has 1 amide bonds. The van der Waals surface area contributed by atoms with Crippen LogP contribution in [0.5, 0.6) is 0 Å². The number of hydrogen-bond acceptors (Lipinski definition) is 3. The maximum atomic E-state index is 11.9. The lowest BCUT2D eigenvalue weighted by Crippen LogP contribution is -2.33. The highest BCUT2D eigenvalue weighted by atomic mass is 16.5. The lowest BCUT2D eigenvalue weighted by molar-refractivity contribution is -0.134. The number of ether oxygens (including phenoxy) is 1. The van der Waals surface area contributed by atoms with Crippen molar-refractivity contribution in [2.45, 2.75) is 58.8 Å². The van der Waals surface area contributed by atoms with E-state index in [0.717, 1.165) is 19.3 Å². The Hall–Kier alpha value is -1.32. The molecule has 0 heterocycles. The second kappa shape index (κ2) is 14.1. The van der Waals surface area contributed by atoms with Gasteiger partial charge in [-0.2, -0.15) is 0 Å². The van der Waals surface area contributed by atoms with E-state index in [1.807, 2.05) is 6.08 Å². The van der Waals surface area contributed by atoms with Crippen molar-refractivity contribution in [3.8, 4) is 0 Å². The highest BCUT2D eigenvalue weighted by Gasteiger charge is 2.17. The number of hydrogen-bond donors (Lipinski definition) is 1. The monoisotopic (exact) mass is 283 g/mol. The predicted octanol–water partition coefficient (Wildman–Crippen LogP) is 3.22. The van der Waals surface area contributed by atoms with Gasteiger partial charge in [0.15, 0.2) is 0 Å². The van der Waals surface area contributed by atoms with Gasteiger partial charge in [-0.3, -0.25) is 9.59 Å². The molecule has 0 aromatic carbocycles. The number of nitrogens with one attached hydrogen (secondary N) is 1. The first kappa shape index (κ1) is 18.7. The summed E-state index contributed by atoms with van der Waals surface area (Å²) in [6, 6.07) is 0. The van der Waals surface area contributed by atoms with Gasteiger partial charge < -0.3 is 10.1 Å². The van der Waals surface area contributed by atoms with Crippen molar-refractivity contribution in [1.82, 2.24) is 5.32 Å². The van der Waals surface area contributed by atoms with Gasteiger partial charge in [-0.1, -0.05) is 45.3 Å². The van der Waals surface area contributed by atoms with E-state index in [1.54, 1.807) is 0 Å². The Morgan fingerprint density at radius 1 is 1.15 bits per heavy atom. The summed E-state index contributed by atoms with van der Waals surface area (Å²) in [4.78, 5) is 22.2. The van der Waals surface area contributed by atoms with E-state index < -0.39 is 0 Å². The lowest BCUT2D eigenvalue weighted by Gasteiger charge is -2.13. The third kappa shape index (κ3) is 10.6. The number of unbranched alkanes of at least 4 members (excludes halogenated alkanes) is 4. The Balaban J connectivity index is 4.05. The zero-order valence-corrected chi connectivity index (χ0v) is 12.9. The maximum Gasteiger partial charge on any atom is 0.293 e. The molecule has 0 aromatic rings. The standard InChI is InChI=1S/C16H29NO3/c1-3-5-7-8-9-10-11-15(13-20-14-18)16(19)17-12-6-4-2/h9-10,14-15H,3-8,11-13H2,1-2H3,(H,17,19)/b10-9+. The van der Waals surface area contributed by atoms with Crippen molar-refractivity contribution in [3.63, 3.8) is 0 Å². The summed E-state index contributed by atoms with van der Waals surface area (Å²) in [5.41, 5.74) is 0. The van der Waals surface area contributed by atoms with E-state index in [1.165, 1.54) is 19.3 Å². The largest absolute Gasteiger partial charge is 0.467 e. The normalized spacial score (nSPS) is 12.3. The molecule has 0 radical (unpaired) electrons. The Morgan fingerprint density at radius 3 is 2.55 bits per heavy atom. The molecular weight excluding hydrogens is 254 g/mol. The van der Waals surface area contributed by atoms with E-state index in [0.29, 0.717) is 19.4 Å². The van der Waals surface area contributed by atoms with Crippen LogP contribution >= 0.6 is 0 Å². The molecule has 116 valence electrons. The minimum absolute atomic E-state index is 0.0292. The van der Waals surface area contributed by atoms with Crippen molar-refractivity contribution >= 4 is 12.4 Å². The van der Waals surface area contributed by atoms with E-state index in [9.17, 15) is 9.59 Å². The Morgan fingerprint density at radius 2 is 1.90 bits per heavy atom. The molecule has 0 saturated heterocycles. The number of allylic oxidation sites excluding steroid dienone is 2. The number of amides is 1. The van der Waals surface area contributed by atoms with Crippen LogP contribution in [0.25, 0.3) is 0 Å². The lowest BCUT2D eigenvalue weighted by atomic mass is 10.0. The summed E-state index contributed by atoms with van der Waals surface area (Å²) in [5.74, 6) is -0.307. The summed E-state index contributed by atoms with van der Waals surface area (Å²) in [5, 5.41) is 2.89. The first-order valence-electron chi connectivity index (χ1n) is 7.74. The number of carbonyl (C=O) groups excluding carboxylic acids is 2. The highest BCUT2D eigenvalue weighted by Crippen LogP contribution is 2.07. The fraction of sp³-hybridized carbons (Fsp3) is 0.750. The van der Waals surface area contributed by atoms with Gasteiger partial charge in [-0.25, -0.2) is 0 Å². The quantitative estimate of drug-likeness (QED) is 0.321. The van der Waals surface area contributed by atoms with Crippen LogP contribution in [0.4, 0.5) is 0 Å². The minimum atomic E-state index is -0.278. The predicted molar refractivity (Wildman–Crippen MR) is 81.3 cm³/mol. The molecule has 4 nitrogen and oxygen atoms in total. The van der Waals surface area contributed by atoms with E-state index in [2.05, 4.69) is 25.2 Å². The van der Waals surface area contributed by atoms with Gasteiger partial charge in [0.05, 0.1) is 5.92 Å². The summed E-state index contributed by atoms with van der Waals surface area (Å²) >= 11 is 0. The number of rotatable bonds is 13. The molecule has 20 heavy (non-hydrogen) atoms. The van der Waals surface area contributed by atoms with Gasteiger partial charge in [0.1, 0.15) is 6.61 Å². The molecule has 4 heteroatoms. The van der Waals surface area contributed by atoms with E-state index in [-0.39, 0.29) is 18.4 Å². The highest BCUT2D eigenvalue weighted by molar-refractivity contribution is 5.79. The third-order valence-electron chi connectivity index (χ3n) is 3.13. The first-order chi connectivity index (χ1) is 9.76. The van der Waals surface area contributed by atoms with E-state index in [4.69, 9.17) is 4.74 Å². The average Bonchev–Trinajstić information content (AvgIpc) is 2.46. The Kier molecular flexibility index (Phi) is 13.2. The molecule has 1 N–H and O–H groups in total. The SMILES string of the molecule is CCCCC/C=C/CC(COC=O)C(=O)NCCCC. The molecule has 0 aliphatic rings. The van der Waals surface area contributed by atoms with Gasteiger partial charge in [-0.15, -0.1) is 0 Å². The summed E-state index contributed by atoms with van der Waals surface area (Å²) in [6.07, 6.45) is 11.5. The zero-order chi connectivity index (χ0) is 15.1. The van der Waals surface area contributed by atoms with Crippen molar-refractivity contribution in [1.29, 1.82) is 0 Å². The summed E-state index contributed by atoms with van der Waals surface area (Å²) in [7, 11) is 0. The molecule has 0 rings (SSSR count). The topological polar surface area (TPSA) is 55.4 Å². The molecule has 0 aliphatic carbocycles. The first-order valence-corrected chi connectivity index (χ1v) is 7.74. The van der Waals surface area contributed by atoms with Gasteiger partial charge >= 0.3 is 0 Å². The van der Waals surface area contributed by atoms with Crippen molar-refractivity contribution in [3.05, 3.63) is 12.2 Å². The van der Waals surface area contributed by atoms with Gasteiger partial charge in [0.25, 0.3) is 6.47 Å². The second-order valence-electron chi connectivity index (χ2n) is 4.97. The molecule has 0 bridgehead atoms. The Labute approximate surface area is 123 Å². The molecule has 0 aromatic heterocycles. The van der Waals surface area contributed by atoms with Crippen molar-refractivity contribution in [2.75, 3.05) is 13.2 Å². The van der Waals surface area contributed by atoms with Crippen LogP contribution in [0, 0.1) is 5.92 Å². The second-order valence-corrected chi connectivity index (χ2v) is 4.97. The zero-order valence-electron chi connectivity index (χ0n) is 12.9. The molecule has 0 saturated carbocycles. The smallest absolute Gasteiger partial charge is 0.293 e. The molecule has 0 aliphatic heterocycles. The molecule has 1 unspecified atom stereocenters. The summed E-state index contributed by atoms with van der Waals surface area (Å²) < 4.78 is 4.74. The maximum absolute atomic E-state index is 11.9. The Bertz CT molecular complexity index is 277. The van der Waals surface area contributed by atoms with Crippen molar-refractivity contribution < 1.29 is 14.3 Å².